The molecule has 8 unspecified atom stereocenters. The van der Waals surface area contributed by atoms with Gasteiger partial charge >= 0.3 is 12.4 Å². The summed E-state index contributed by atoms with van der Waals surface area (Å²) in [4.78, 5) is 0. The molecule has 0 amide bonds. The molecule has 3 heterocycles. The first-order valence-corrected chi connectivity index (χ1v) is 47.6. The number of hydrogen-bond donors (Lipinski definition) is 11. The van der Waals surface area contributed by atoms with Crippen LogP contribution in [-0.2, 0) is 14.2 Å². The molecule has 11 N–H and O–H groups in total. The van der Waals surface area contributed by atoms with Crippen LogP contribution < -0.4 is 0 Å². The van der Waals surface area contributed by atoms with Crippen molar-refractivity contribution in [2.45, 2.75) is 452 Å². The monoisotopic (exact) mass is 1760 g/mol. The van der Waals surface area contributed by atoms with E-state index in [1.807, 2.05) is 76.2 Å². The summed E-state index contributed by atoms with van der Waals surface area (Å²) in [6, 6.07) is 0. The molecule has 3 saturated heterocycles. The molecule has 0 radical (unpaired) electrons. The maximum absolute atomic E-state index is 12.0. The lowest BCUT2D eigenvalue weighted by Gasteiger charge is -2.54. The summed E-state index contributed by atoms with van der Waals surface area (Å²) in [5, 5.41) is 99.7. The number of alkyl halides is 8. The second-order valence-electron chi connectivity index (χ2n) is 45.2. The van der Waals surface area contributed by atoms with Crippen LogP contribution in [-0.4, -0.2) is 180 Å². The van der Waals surface area contributed by atoms with Crippen molar-refractivity contribution >= 4 is 0 Å². The minimum atomic E-state index is -4.51. The normalized spacial score (nSPS) is 29.8. The van der Waals surface area contributed by atoms with E-state index < -0.39 is 61.0 Å². The largest absolute Gasteiger partial charge is 0.416 e. The number of hydrogen-bond acceptors (Lipinski definition) is 14. The molecule has 7 saturated carbocycles. The Morgan fingerprint density at radius 3 is 0.992 bits per heavy atom. The molecule has 8 atom stereocenters. The third-order valence-electron chi connectivity index (χ3n) is 27.3. The van der Waals surface area contributed by atoms with E-state index in [4.69, 9.17) is 52.7 Å². The maximum Gasteiger partial charge on any atom is 0.416 e. The molecule has 14 nitrogen and oxygen atoms in total. The minimum absolute atomic E-state index is 0.0732. The van der Waals surface area contributed by atoms with Crippen LogP contribution in [0, 0.1) is 129 Å². The van der Waals surface area contributed by atoms with E-state index in [-0.39, 0.29) is 60.9 Å². The van der Waals surface area contributed by atoms with Crippen molar-refractivity contribution in [3.8, 4) is 0 Å². The van der Waals surface area contributed by atoms with Gasteiger partial charge in [0.05, 0.1) is 83.6 Å². The van der Waals surface area contributed by atoms with Crippen molar-refractivity contribution in [2.24, 2.45) is 129 Å². The van der Waals surface area contributed by atoms with E-state index >= 15 is 0 Å². The minimum Gasteiger partial charge on any atom is -0.396 e. The number of aliphatic hydroxyl groups is 11. The summed E-state index contributed by atoms with van der Waals surface area (Å²) >= 11 is 0. The summed E-state index contributed by atoms with van der Waals surface area (Å²) < 4.78 is 123. The van der Waals surface area contributed by atoms with E-state index in [0.29, 0.717) is 71.0 Å². The van der Waals surface area contributed by atoms with Crippen LogP contribution in [0.15, 0.2) is 0 Å². The van der Waals surface area contributed by atoms with Gasteiger partial charge in [0.25, 0.3) is 6.43 Å². The van der Waals surface area contributed by atoms with Crippen LogP contribution in [0.2, 0.25) is 0 Å². The van der Waals surface area contributed by atoms with E-state index in [2.05, 4.69) is 118 Å². The molecule has 0 aromatic carbocycles. The molecule has 730 valence electrons. The molecular formula is C99H194F8O14. The van der Waals surface area contributed by atoms with E-state index in [9.17, 15) is 55.5 Å². The molecule has 0 aromatic heterocycles. The fourth-order valence-corrected chi connectivity index (χ4v) is 16.6. The SMILES string of the molecule is CC(C)C1CC(C)(O)C1.CC(C)C1CC(O)(CO)C1.CC(C)C1CC(O)C(O)C1.CC(C)C1CC2(COC2)C1.CC(C)C1CCC(C)(O)C1.CC(C)C1CCC(C)(O)CC1.CC(C)C1CCC2(COC2)C1.CC(C)CCC(C)(O)C(F)(F)F.CC(C)CCC(O)C(F)(F)F.CC(C)CCC(O)C(F)F.CC(C)CCC1(C)COC1.[2H]C([2H])(O)CCC(C)C. The van der Waals surface area contributed by atoms with Crippen LogP contribution in [0.1, 0.15) is 383 Å². The fourth-order valence-electron chi connectivity index (χ4n) is 16.6. The Kier molecular flexibility index (Phi) is 55.8. The Bertz CT molecular complexity index is 2550. The van der Waals surface area contributed by atoms with Crippen molar-refractivity contribution in [2.75, 3.05) is 52.8 Å². The highest BCUT2D eigenvalue weighted by atomic mass is 19.4. The van der Waals surface area contributed by atoms with Crippen LogP contribution in [0.25, 0.3) is 0 Å². The topological polar surface area (TPSA) is 250 Å². The average Bonchev–Trinajstić information content (AvgIpc) is 1.67. The second-order valence-corrected chi connectivity index (χ2v) is 45.2. The predicted molar refractivity (Wildman–Crippen MR) is 481 cm³/mol. The van der Waals surface area contributed by atoms with Crippen molar-refractivity contribution in [3.05, 3.63) is 0 Å². The standard InChI is InChI=1S/C10H18O.C10H20O.C9H16O.2C9H18O.C8H15F3O.2C8H16O2.C8H16O.C7H13F3O.C7H14F2O.C6H14O/c1-8(2)9-3-4-10(5-9)6-11-7-10;1-8(2)9-4-6-10(3,11)7-5-9;1-7(2)8-3-9(4-8)5-10-6-9;1-8(2)4-5-9(3)6-10-7-9;1-7(2)8-4-5-9(3,10)6-8;1-6(2)4-5-7(3,12)8(9,10)11;1-6(2)7-3-8(10,4-7)5-9;1-5(2)6-3-7(9)8(10)4-6;1-6(2)7-4-8(3,9)5-7;1-5(2)3-4-6(11)7(8,9)10;1-5(2)3-4-6(10)7(8)9;1-6(2)4-3-5-7/h8-9H,3-7H2,1-2H3;8-9,11H,4-7H2,1-3H3;7-8H,3-6H2,1-2H3;8H,4-7H2,1-3H3;7-8,10H,4-6H2,1-3H3;6,12H,4-5H2,1-3H3;6-7,9-10H,3-5H2,1-2H3;5-10H,3-4H2,1-2H3;6-7,9H,4-5H2,1-3H3;5-6,11H,3-4H2,1-2H3;5-7,10H,3-4H2,1-2H3;6-7H,3-5H2,1-2H3/i;;;;;;;;;;;5D2. The zero-order chi connectivity index (χ0) is 96.2. The molecule has 7 aliphatic carbocycles. The van der Waals surface area contributed by atoms with Gasteiger partial charge in [-0.15, -0.1) is 0 Å². The molecule has 22 heteroatoms. The summed E-state index contributed by atoms with van der Waals surface area (Å²) in [7, 11) is 0. The van der Waals surface area contributed by atoms with E-state index in [0.717, 1.165) is 182 Å². The van der Waals surface area contributed by atoms with Crippen LogP contribution >= 0.6 is 0 Å². The lowest BCUT2D eigenvalue weighted by atomic mass is 9.58. The first-order chi connectivity index (χ1) is 55.7. The van der Waals surface area contributed by atoms with Crippen LogP contribution in [0.3, 0.4) is 0 Å². The number of ether oxygens (including phenoxy) is 3. The van der Waals surface area contributed by atoms with Crippen molar-refractivity contribution in [3.63, 3.8) is 0 Å². The maximum atomic E-state index is 12.0. The van der Waals surface area contributed by atoms with Gasteiger partial charge < -0.3 is 70.4 Å². The number of rotatable bonds is 24. The number of halogens is 8. The Hall–Kier alpha value is -1.12. The Balaban J connectivity index is 0. The Morgan fingerprint density at radius 2 is 0.736 bits per heavy atom. The van der Waals surface area contributed by atoms with Crippen molar-refractivity contribution in [1.29, 1.82) is 0 Å². The fraction of sp³-hybridized carbons (Fsp3) is 1.00. The van der Waals surface area contributed by atoms with Gasteiger partial charge in [0.1, 0.15) is 12.2 Å². The smallest absolute Gasteiger partial charge is 0.396 e. The molecule has 0 aromatic rings. The van der Waals surface area contributed by atoms with E-state index in [1.54, 1.807) is 0 Å². The third kappa shape index (κ3) is 53.1. The summed E-state index contributed by atoms with van der Waals surface area (Å²) in [6.45, 7) is 64.3. The molecule has 121 heavy (non-hydrogen) atoms. The van der Waals surface area contributed by atoms with E-state index in [1.165, 1.54) is 64.2 Å². The highest BCUT2D eigenvalue weighted by Gasteiger charge is 2.52. The summed E-state index contributed by atoms with van der Waals surface area (Å²) in [5.74, 6) is 12.9. The quantitative estimate of drug-likeness (QED) is 0.0403. The Labute approximate surface area is 738 Å². The van der Waals surface area contributed by atoms with Gasteiger partial charge in [0.15, 0.2) is 5.60 Å². The highest BCUT2D eigenvalue weighted by molar-refractivity contribution is 4.99. The first kappa shape index (κ1) is 118. The third-order valence-corrected chi connectivity index (χ3v) is 27.3. The lowest BCUT2D eigenvalue weighted by molar-refractivity contribution is -0.255. The van der Waals surface area contributed by atoms with Gasteiger partial charge in [-0.05, 0) is 313 Å². The molecule has 10 rings (SSSR count). The van der Waals surface area contributed by atoms with Gasteiger partial charge in [0, 0.05) is 22.8 Å². The zero-order valence-corrected chi connectivity index (χ0v) is 82.3. The predicted octanol–water partition coefficient (Wildman–Crippen LogP) is 23.7. The molecule has 10 fully saturated rings. The molecule has 2 spiro atoms. The number of aliphatic hydroxyl groups excluding tert-OH is 5. The van der Waals surface area contributed by atoms with Crippen molar-refractivity contribution < 1.29 is 108 Å². The van der Waals surface area contributed by atoms with Crippen molar-refractivity contribution in [1.82, 2.24) is 0 Å². The van der Waals surface area contributed by atoms with Gasteiger partial charge in [-0.2, -0.15) is 26.3 Å². The second kappa shape index (κ2) is 57.2. The van der Waals surface area contributed by atoms with Gasteiger partial charge in [-0.1, -0.05) is 180 Å². The van der Waals surface area contributed by atoms with Crippen LogP contribution in [0.5, 0.6) is 0 Å². The van der Waals surface area contributed by atoms with Crippen LogP contribution in [0.4, 0.5) is 35.1 Å². The lowest BCUT2D eigenvalue weighted by Crippen LogP contribution is -2.53. The molecule has 3 aliphatic heterocycles. The molecule has 0 bridgehead atoms. The molecular weight excluding hydrogens is 1570 g/mol. The van der Waals surface area contributed by atoms with Gasteiger partial charge in [-0.25, -0.2) is 8.78 Å². The average molecular weight is 1760 g/mol. The molecule has 10 aliphatic rings. The first-order valence-electron chi connectivity index (χ1n) is 48.6. The summed E-state index contributed by atoms with van der Waals surface area (Å²) in [5.41, 5.74) is -2.43. The Morgan fingerprint density at radius 1 is 0.397 bits per heavy atom. The highest BCUT2D eigenvalue weighted by Crippen LogP contribution is 2.54. The summed E-state index contributed by atoms with van der Waals surface area (Å²) in [6.07, 6.45) is 8.77. The zero-order valence-electron chi connectivity index (χ0n) is 84.3. The van der Waals surface area contributed by atoms with Gasteiger partial charge in [0.2, 0.25) is 0 Å². The van der Waals surface area contributed by atoms with Gasteiger partial charge in [-0.3, -0.25) is 0 Å².